The summed E-state index contributed by atoms with van der Waals surface area (Å²) in [7, 11) is 0. The highest BCUT2D eigenvalue weighted by Gasteiger charge is 2.04. The van der Waals surface area contributed by atoms with Crippen LogP contribution < -0.4 is 5.32 Å². The Hall–Kier alpha value is -2.88. The molecule has 0 bridgehead atoms. The third-order valence-electron chi connectivity index (χ3n) is 3.31. The quantitative estimate of drug-likeness (QED) is 0.766. The van der Waals surface area contributed by atoms with E-state index in [1.165, 1.54) is 0 Å². The Balaban J connectivity index is 1.84. The molecule has 0 aliphatic rings. The lowest BCUT2D eigenvalue weighted by Gasteiger charge is -2.09. The maximum Gasteiger partial charge on any atom is 0.335 e. The summed E-state index contributed by atoms with van der Waals surface area (Å²) in [5.74, 6) is -0.117. The van der Waals surface area contributed by atoms with Crippen LogP contribution in [0.4, 0.5) is 5.82 Å². The third kappa shape index (κ3) is 2.84. The zero-order valence-corrected chi connectivity index (χ0v) is 11.3. The number of hydrogen-bond donors (Lipinski definition) is 2. The van der Waals surface area contributed by atoms with Crippen molar-refractivity contribution in [3.05, 3.63) is 71.9 Å². The predicted octanol–water partition coefficient (Wildman–Crippen LogP) is 3.55. The third-order valence-corrected chi connectivity index (χ3v) is 3.31. The number of aromatic carboxylic acids is 1. The van der Waals surface area contributed by atoms with Crippen molar-refractivity contribution in [3.63, 3.8) is 0 Å². The number of nitrogens with one attached hydrogen (secondary N) is 1. The Morgan fingerprint density at radius 3 is 2.81 bits per heavy atom. The van der Waals surface area contributed by atoms with Crippen LogP contribution in [0, 0.1) is 0 Å². The Morgan fingerprint density at radius 2 is 1.95 bits per heavy atom. The molecule has 0 fully saturated rings. The molecule has 0 unspecified atom stereocenters. The number of hydrogen-bond acceptors (Lipinski definition) is 3. The summed E-state index contributed by atoms with van der Waals surface area (Å²) in [6, 6.07) is 16.9. The fraction of sp³-hybridized carbons (Fsp3) is 0.0588. The first kappa shape index (κ1) is 13.1. The van der Waals surface area contributed by atoms with Crippen LogP contribution in [-0.2, 0) is 6.54 Å². The van der Waals surface area contributed by atoms with Crippen molar-refractivity contribution in [1.29, 1.82) is 0 Å². The van der Waals surface area contributed by atoms with Crippen LogP contribution in [0.2, 0.25) is 0 Å². The molecule has 3 rings (SSSR count). The topological polar surface area (TPSA) is 62.2 Å². The molecule has 4 heteroatoms. The van der Waals surface area contributed by atoms with Crippen molar-refractivity contribution in [1.82, 2.24) is 4.98 Å². The first-order valence-electron chi connectivity index (χ1n) is 6.64. The van der Waals surface area contributed by atoms with Gasteiger partial charge in [-0.1, -0.05) is 36.4 Å². The average Bonchev–Trinajstić information content (AvgIpc) is 2.53. The number of carboxylic acid groups (broad SMARTS) is 1. The molecule has 4 nitrogen and oxygen atoms in total. The van der Waals surface area contributed by atoms with E-state index in [0.717, 1.165) is 22.2 Å². The second kappa shape index (κ2) is 5.63. The lowest BCUT2D eigenvalue weighted by Crippen LogP contribution is -2.03. The van der Waals surface area contributed by atoms with Gasteiger partial charge in [-0.15, -0.1) is 0 Å². The van der Waals surface area contributed by atoms with Gasteiger partial charge in [0.25, 0.3) is 0 Å². The number of fused-ring (bicyclic) bond motifs is 1. The van der Waals surface area contributed by atoms with Gasteiger partial charge >= 0.3 is 5.97 Å². The van der Waals surface area contributed by atoms with Crippen LogP contribution in [0.15, 0.2) is 60.8 Å². The zero-order valence-electron chi connectivity index (χ0n) is 11.3. The molecule has 0 spiro atoms. The van der Waals surface area contributed by atoms with Gasteiger partial charge in [-0.25, -0.2) is 9.78 Å². The number of nitrogens with zero attached hydrogens (tertiary/aromatic N) is 1. The number of carbonyl (C=O) groups is 1. The van der Waals surface area contributed by atoms with Crippen molar-refractivity contribution in [3.8, 4) is 0 Å². The molecular weight excluding hydrogens is 264 g/mol. The number of benzene rings is 2. The lowest BCUT2D eigenvalue weighted by molar-refractivity contribution is 0.0697. The largest absolute Gasteiger partial charge is 0.478 e. The van der Waals surface area contributed by atoms with E-state index < -0.39 is 5.97 Å². The summed E-state index contributed by atoms with van der Waals surface area (Å²) in [6.07, 6.45) is 1.76. The molecule has 1 aromatic heterocycles. The highest BCUT2D eigenvalue weighted by atomic mass is 16.4. The molecule has 0 aliphatic heterocycles. The van der Waals surface area contributed by atoms with E-state index in [9.17, 15) is 4.79 Å². The molecule has 3 aromatic rings. The molecule has 0 aliphatic carbocycles. The van der Waals surface area contributed by atoms with Crippen LogP contribution in [0.5, 0.6) is 0 Å². The SMILES string of the molecule is O=C(O)c1cccc(CNc2nccc3ccccc23)c1. The number of aromatic nitrogens is 1. The number of carboxylic acids is 1. The maximum atomic E-state index is 11.0. The van der Waals surface area contributed by atoms with E-state index >= 15 is 0 Å². The van der Waals surface area contributed by atoms with Crippen LogP contribution >= 0.6 is 0 Å². The van der Waals surface area contributed by atoms with Gasteiger partial charge < -0.3 is 10.4 Å². The van der Waals surface area contributed by atoms with E-state index in [4.69, 9.17) is 5.11 Å². The maximum absolute atomic E-state index is 11.0. The summed E-state index contributed by atoms with van der Waals surface area (Å²) < 4.78 is 0. The minimum Gasteiger partial charge on any atom is -0.478 e. The van der Waals surface area contributed by atoms with Crippen LogP contribution in [0.3, 0.4) is 0 Å². The summed E-state index contributed by atoms with van der Waals surface area (Å²) in [4.78, 5) is 15.3. The fourth-order valence-corrected chi connectivity index (χ4v) is 2.26. The normalized spacial score (nSPS) is 10.5. The second-order valence-corrected chi connectivity index (χ2v) is 4.74. The lowest BCUT2D eigenvalue weighted by atomic mass is 10.1. The molecule has 0 saturated heterocycles. The second-order valence-electron chi connectivity index (χ2n) is 4.74. The minimum absolute atomic E-state index is 0.292. The van der Waals surface area contributed by atoms with Gasteiger partial charge in [-0.3, -0.25) is 0 Å². The van der Waals surface area contributed by atoms with E-state index in [-0.39, 0.29) is 0 Å². The van der Waals surface area contributed by atoms with Crippen molar-refractivity contribution >= 4 is 22.6 Å². The van der Waals surface area contributed by atoms with E-state index in [1.807, 2.05) is 36.4 Å². The molecule has 2 aromatic carbocycles. The Bertz CT molecular complexity index is 794. The van der Waals surface area contributed by atoms with E-state index in [0.29, 0.717) is 12.1 Å². The summed E-state index contributed by atoms with van der Waals surface area (Å²) in [5.41, 5.74) is 1.20. The zero-order chi connectivity index (χ0) is 14.7. The van der Waals surface area contributed by atoms with E-state index in [1.54, 1.807) is 24.4 Å². The van der Waals surface area contributed by atoms with Crippen molar-refractivity contribution in [2.45, 2.75) is 6.54 Å². The number of pyridine rings is 1. The highest BCUT2D eigenvalue weighted by Crippen LogP contribution is 2.21. The molecule has 0 amide bonds. The van der Waals surface area contributed by atoms with Crippen LogP contribution in [-0.4, -0.2) is 16.1 Å². The van der Waals surface area contributed by atoms with Crippen molar-refractivity contribution in [2.24, 2.45) is 0 Å². The van der Waals surface area contributed by atoms with Gasteiger partial charge in [-0.2, -0.15) is 0 Å². The predicted molar refractivity (Wildman–Crippen MR) is 82.5 cm³/mol. The van der Waals surface area contributed by atoms with Gasteiger partial charge in [0.15, 0.2) is 0 Å². The summed E-state index contributed by atoms with van der Waals surface area (Å²) in [5, 5.41) is 14.4. The number of anilines is 1. The molecule has 2 N–H and O–H groups in total. The smallest absolute Gasteiger partial charge is 0.335 e. The van der Waals surface area contributed by atoms with Gasteiger partial charge in [0.1, 0.15) is 5.82 Å². The molecule has 21 heavy (non-hydrogen) atoms. The Morgan fingerprint density at radius 1 is 1.10 bits per heavy atom. The van der Waals surface area contributed by atoms with Gasteiger partial charge in [0.2, 0.25) is 0 Å². The molecular formula is C17H14N2O2. The standard InChI is InChI=1S/C17H14N2O2/c20-17(21)14-6-3-4-12(10-14)11-19-16-15-7-2-1-5-13(15)8-9-18-16/h1-10H,11H2,(H,18,19)(H,20,21). The number of rotatable bonds is 4. The Labute approximate surface area is 122 Å². The van der Waals surface area contributed by atoms with Crippen molar-refractivity contribution in [2.75, 3.05) is 5.32 Å². The molecule has 0 saturated carbocycles. The Kier molecular flexibility index (Phi) is 3.51. The van der Waals surface area contributed by atoms with Crippen LogP contribution in [0.1, 0.15) is 15.9 Å². The van der Waals surface area contributed by atoms with Crippen molar-refractivity contribution < 1.29 is 9.90 Å². The van der Waals surface area contributed by atoms with E-state index in [2.05, 4.69) is 10.3 Å². The van der Waals surface area contributed by atoms with Gasteiger partial charge in [0.05, 0.1) is 5.56 Å². The molecule has 0 radical (unpaired) electrons. The van der Waals surface area contributed by atoms with Gasteiger partial charge in [-0.05, 0) is 29.1 Å². The monoisotopic (exact) mass is 278 g/mol. The van der Waals surface area contributed by atoms with Gasteiger partial charge in [0, 0.05) is 18.1 Å². The molecule has 0 atom stereocenters. The summed E-state index contributed by atoms with van der Waals surface area (Å²) in [6.45, 7) is 0.530. The first-order valence-corrected chi connectivity index (χ1v) is 6.64. The average molecular weight is 278 g/mol. The first-order chi connectivity index (χ1) is 10.2. The summed E-state index contributed by atoms with van der Waals surface area (Å²) >= 11 is 0. The highest BCUT2D eigenvalue weighted by molar-refractivity contribution is 5.91. The van der Waals surface area contributed by atoms with Crippen LogP contribution in [0.25, 0.3) is 10.8 Å². The molecule has 1 heterocycles. The fourth-order valence-electron chi connectivity index (χ4n) is 2.26. The minimum atomic E-state index is -0.917. The molecule has 104 valence electrons.